The van der Waals surface area contributed by atoms with Crippen LogP contribution in [0.4, 0.5) is 0 Å². The number of amides is 1. The van der Waals surface area contributed by atoms with E-state index in [1.807, 2.05) is 12.1 Å². The molecule has 0 saturated carbocycles. The van der Waals surface area contributed by atoms with Crippen molar-refractivity contribution < 1.29 is 14.3 Å². The zero-order chi connectivity index (χ0) is 13.7. The fraction of sp³-hybridized carbons (Fsp3) is 0.429. The van der Waals surface area contributed by atoms with Gasteiger partial charge in [0.1, 0.15) is 0 Å². The van der Waals surface area contributed by atoms with E-state index in [0.717, 1.165) is 24.9 Å². The van der Waals surface area contributed by atoms with E-state index < -0.39 is 0 Å². The van der Waals surface area contributed by atoms with Crippen LogP contribution in [0, 0.1) is 0 Å². The Kier molecular flexibility index (Phi) is 4.52. The number of ether oxygens (including phenoxy) is 1. The highest BCUT2D eigenvalue weighted by molar-refractivity contribution is 5.91. The molecule has 1 fully saturated rings. The molecule has 0 bridgehead atoms. The predicted molar refractivity (Wildman–Crippen MR) is 70.7 cm³/mol. The Morgan fingerprint density at radius 2 is 2.26 bits per heavy atom. The van der Waals surface area contributed by atoms with E-state index in [1.54, 1.807) is 12.1 Å². The lowest BCUT2D eigenvalue weighted by Crippen LogP contribution is -2.48. The summed E-state index contributed by atoms with van der Waals surface area (Å²) in [6, 6.07) is 7.07. The van der Waals surface area contributed by atoms with Crippen LogP contribution in [0.15, 0.2) is 24.3 Å². The number of benzene rings is 1. The van der Waals surface area contributed by atoms with Crippen LogP contribution in [-0.4, -0.2) is 31.6 Å². The number of hydrogen-bond acceptors (Lipinski definition) is 4. The normalized spacial score (nSPS) is 18.8. The van der Waals surface area contributed by atoms with Gasteiger partial charge in [-0.3, -0.25) is 4.79 Å². The molecule has 5 nitrogen and oxygen atoms in total. The van der Waals surface area contributed by atoms with Gasteiger partial charge in [-0.25, -0.2) is 4.79 Å². The molecule has 1 saturated heterocycles. The molecule has 0 spiro atoms. The van der Waals surface area contributed by atoms with Crippen molar-refractivity contribution in [1.29, 1.82) is 0 Å². The van der Waals surface area contributed by atoms with Gasteiger partial charge < -0.3 is 15.4 Å². The van der Waals surface area contributed by atoms with Gasteiger partial charge in [0.05, 0.1) is 18.7 Å². The lowest BCUT2D eigenvalue weighted by Gasteiger charge is -2.23. The molecule has 0 radical (unpaired) electrons. The summed E-state index contributed by atoms with van der Waals surface area (Å²) in [5.41, 5.74) is 1.38. The summed E-state index contributed by atoms with van der Waals surface area (Å²) in [5, 5.41) is 6.01. The third-order valence-corrected chi connectivity index (χ3v) is 3.25. The molecule has 1 atom stereocenters. The number of rotatable bonds is 4. The fourth-order valence-corrected chi connectivity index (χ4v) is 2.18. The Morgan fingerprint density at radius 3 is 3.00 bits per heavy atom. The van der Waals surface area contributed by atoms with E-state index in [9.17, 15) is 9.59 Å². The second kappa shape index (κ2) is 6.33. The molecular weight excluding hydrogens is 244 g/mol. The average molecular weight is 262 g/mol. The maximum Gasteiger partial charge on any atom is 0.338 e. The molecule has 1 aromatic carbocycles. The third-order valence-electron chi connectivity index (χ3n) is 3.25. The summed E-state index contributed by atoms with van der Waals surface area (Å²) in [7, 11) is 1.36. The van der Waals surface area contributed by atoms with Crippen molar-refractivity contribution in [1.82, 2.24) is 10.6 Å². The number of nitrogens with one attached hydrogen (secondary N) is 2. The molecule has 1 aliphatic heterocycles. The number of esters is 1. The standard InChI is InChI=1S/C14H18N2O3/c1-19-14(18)11-6-3-2-5-10(11)9-16-12-7-4-8-15-13(12)17/h2-3,5-6,12,16H,4,7-9H2,1H3,(H,15,17). The topological polar surface area (TPSA) is 67.4 Å². The first-order valence-electron chi connectivity index (χ1n) is 6.39. The lowest BCUT2D eigenvalue weighted by molar-refractivity contribution is -0.124. The second-order valence-electron chi connectivity index (χ2n) is 4.52. The summed E-state index contributed by atoms with van der Waals surface area (Å²) >= 11 is 0. The van der Waals surface area contributed by atoms with E-state index in [0.29, 0.717) is 12.1 Å². The van der Waals surface area contributed by atoms with Crippen molar-refractivity contribution in [3.8, 4) is 0 Å². The first kappa shape index (κ1) is 13.5. The number of piperidine rings is 1. The minimum absolute atomic E-state index is 0.0294. The molecule has 1 amide bonds. The first-order chi connectivity index (χ1) is 9.22. The summed E-state index contributed by atoms with van der Waals surface area (Å²) in [5.74, 6) is -0.327. The number of hydrogen-bond donors (Lipinski definition) is 2. The van der Waals surface area contributed by atoms with Crippen molar-refractivity contribution in [3.63, 3.8) is 0 Å². The monoisotopic (exact) mass is 262 g/mol. The van der Waals surface area contributed by atoms with Crippen LogP contribution in [0.25, 0.3) is 0 Å². The molecule has 1 aliphatic rings. The zero-order valence-electron chi connectivity index (χ0n) is 10.9. The Balaban J connectivity index is 2.03. The molecule has 1 aromatic rings. The first-order valence-corrected chi connectivity index (χ1v) is 6.39. The van der Waals surface area contributed by atoms with Crippen molar-refractivity contribution in [2.75, 3.05) is 13.7 Å². The van der Waals surface area contributed by atoms with Gasteiger partial charge in [0.25, 0.3) is 0 Å². The maximum atomic E-state index is 11.6. The van der Waals surface area contributed by atoms with Gasteiger partial charge in [-0.1, -0.05) is 18.2 Å². The molecule has 2 rings (SSSR count). The van der Waals surface area contributed by atoms with Crippen molar-refractivity contribution >= 4 is 11.9 Å². The highest BCUT2D eigenvalue weighted by atomic mass is 16.5. The van der Waals surface area contributed by atoms with Crippen molar-refractivity contribution in [2.45, 2.75) is 25.4 Å². The SMILES string of the molecule is COC(=O)c1ccccc1CNC1CCCNC1=O. The average Bonchev–Trinajstić information content (AvgIpc) is 2.46. The van der Waals surface area contributed by atoms with Gasteiger partial charge in [-0.2, -0.15) is 0 Å². The van der Waals surface area contributed by atoms with Gasteiger partial charge in [-0.05, 0) is 24.5 Å². The van der Waals surface area contributed by atoms with Crippen LogP contribution < -0.4 is 10.6 Å². The quantitative estimate of drug-likeness (QED) is 0.789. The fourth-order valence-electron chi connectivity index (χ4n) is 2.18. The lowest BCUT2D eigenvalue weighted by atomic mass is 10.0. The second-order valence-corrected chi connectivity index (χ2v) is 4.52. The van der Waals surface area contributed by atoms with Crippen LogP contribution in [0.5, 0.6) is 0 Å². The molecule has 0 aliphatic carbocycles. The molecule has 102 valence electrons. The van der Waals surface area contributed by atoms with Gasteiger partial charge in [-0.15, -0.1) is 0 Å². The zero-order valence-corrected chi connectivity index (χ0v) is 10.9. The van der Waals surface area contributed by atoms with Crippen LogP contribution in [0.3, 0.4) is 0 Å². The molecule has 1 heterocycles. The van der Waals surface area contributed by atoms with E-state index in [4.69, 9.17) is 4.74 Å². The molecule has 5 heteroatoms. The van der Waals surface area contributed by atoms with Crippen LogP contribution in [-0.2, 0) is 16.1 Å². The largest absolute Gasteiger partial charge is 0.465 e. The van der Waals surface area contributed by atoms with Crippen molar-refractivity contribution in [2.24, 2.45) is 0 Å². The maximum absolute atomic E-state index is 11.6. The number of methoxy groups -OCH3 is 1. The highest BCUT2D eigenvalue weighted by Gasteiger charge is 2.21. The molecule has 2 N–H and O–H groups in total. The van der Waals surface area contributed by atoms with E-state index >= 15 is 0 Å². The van der Waals surface area contributed by atoms with E-state index in [-0.39, 0.29) is 17.9 Å². The van der Waals surface area contributed by atoms with Gasteiger partial charge in [0, 0.05) is 13.1 Å². The third kappa shape index (κ3) is 3.32. The highest BCUT2D eigenvalue weighted by Crippen LogP contribution is 2.11. The Hall–Kier alpha value is -1.88. The summed E-state index contributed by atoms with van der Waals surface area (Å²) in [4.78, 5) is 23.2. The van der Waals surface area contributed by atoms with Gasteiger partial charge >= 0.3 is 5.97 Å². The minimum atomic E-state index is -0.356. The molecule has 19 heavy (non-hydrogen) atoms. The number of carbonyl (C=O) groups excluding carboxylic acids is 2. The Bertz CT molecular complexity index is 474. The Morgan fingerprint density at radius 1 is 1.47 bits per heavy atom. The summed E-state index contributed by atoms with van der Waals surface area (Å²) in [6.07, 6.45) is 1.80. The van der Waals surface area contributed by atoms with E-state index in [1.165, 1.54) is 7.11 Å². The Labute approximate surface area is 112 Å². The van der Waals surface area contributed by atoms with Crippen LogP contribution >= 0.6 is 0 Å². The number of carbonyl (C=O) groups is 2. The smallest absolute Gasteiger partial charge is 0.338 e. The molecule has 1 unspecified atom stereocenters. The molecule has 0 aromatic heterocycles. The van der Waals surface area contributed by atoms with Gasteiger partial charge in [0.15, 0.2) is 0 Å². The summed E-state index contributed by atoms with van der Waals surface area (Å²) in [6.45, 7) is 1.22. The van der Waals surface area contributed by atoms with Crippen LogP contribution in [0.2, 0.25) is 0 Å². The van der Waals surface area contributed by atoms with Crippen LogP contribution in [0.1, 0.15) is 28.8 Å². The van der Waals surface area contributed by atoms with Crippen molar-refractivity contribution in [3.05, 3.63) is 35.4 Å². The summed E-state index contributed by atoms with van der Waals surface area (Å²) < 4.78 is 4.74. The minimum Gasteiger partial charge on any atom is -0.465 e. The molecular formula is C14H18N2O3. The van der Waals surface area contributed by atoms with E-state index in [2.05, 4.69) is 10.6 Å². The predicted octanol–water partition coefficient (Wildman–Crippen LogP) is 0.841. The van der Waals surface area contributed by atoms with Gasteiger partial charge in [0.2, 0.25) is 5.91 Å².